The van der Waals surface area contributed by atoms with E-state index in [0.29, 0.717) is 11.6 Å². The first-order valence-corrected chi connectivity index (χ1v) is 15.5. The van der Waals surface area contributed by atoms with Gasteiger partial charge in [0.25, 0.3) is 5.91 Å². The molecule has 1 aromatic rings. The summed E-state index contributed by atoms with van der Waals surface area (Å²) in [6.45, 7) is 10.4. The number of nitrogens with zero attached hydrogens (tertiary/aromatic N) is 5. The van der Waals surface area contributed by atoms with E-state index in [-0.39, 0.29) is 23.6 Å². The molecule has 7 rings (SSSR count). The molecule has 0 spiro atoms. The molecule has 4 saturated carbocycles. The largest absolute Gasteiger partial charge is 0.340 e. The van der Waals surface area contributed by atoms with Crippen LogP contribution < -0.4 is 5.32 Å². The maximum Gasteiger partial charge on any atom is 0.277 e. The Morgan fingerprint density at radius 1 is 1.02 bits per heavy atom. The van der Waals surface area contributed by atoms with Crippen LogP contribution >= 0.6 is 0 Å². The maximum atomic E-state index is 13.7. The van der Waals surface area contributed by atoms with E-state index in [2.05, 4.69) is 38.5 Å². The number of carbonyl (C=O) groups excluding carboxylic acids is 4. The number of nitrogens with one attached hydrogen (secondary N) is 1. The summed E-state index contributed by atoms with van der Waals surface area (Å²) in [6.07, 6.45) is 11.8. The molecule has 6 fully saturated rings. The molecule has 1 N–H and O–H groups in total. The van der Waals surface area contributed by atoms with Crippen molar-refractivity contribution in [1.82, 2.24) is 29.6 Å². The van der Waals surface area contributed by atoms with E-state index in [4.69, 9.17) is 0 Å². The number of imidazole rings is 1. The van der Waals surface area contributed by atoms with Crippen molar-refractivity contribution in [1.29, 1.82) is 0 Å². The van der Waals surface area contributed by atoms with Gasteiger partial charge in [-0.15, -0.1) is 0 Å². The van der Waals surface area contributed by atoms with E-state index in [9.17, 15) is 19.2 Å². The number of piperazine rings is 2. The topological polar surface area (TPSA) is 108 Å². The molecule has 6 aliphatic rings. The molecule has 2 aliphatic heterocycles. The molecule has 4 aliphatic carbocycles. The van der Waals surface area contributed by atoms with Crippen molar-refractivity contribution in [3.63, 3.8) is 0 Å². The third kappa shape index (κ3) is 5.47. The number of hydrogen-bond acceptors (Lipinski definition) is 6. The van der Waals surface area contributed by atoms with Gasteiger partial charge in [-0.25, -0.2) is 4.98 Å². The summed E-state index contributed by atoms with van der Waals surface area (Å²) >= 11 is 0. The van der Waals surface area contributed by atoms with E-state index in [1.807, 2.05) is 0 Å². The summed E-state index contributed by atoms with van der Waals surface area (Å²) in [6, 6.07) is 0. The lowest BCUT2D eigenvalue weighted by Gasteiger charge is -2.57. The number of imide groups is 1. The lowest BCUT2D eigenvalue weighted by atomic mass is 9.49. The Morgan fingerprint density at radius 2 is 1.66 bits per heavy atom. The second-order valence-electron chi connectivity index (χ2n) is 13.6. The van der Waals surface area contributed by atoms with Crippen LogP contribution in [-0.4, -0.2) is 87.1 Å². The van der Waals surface area contributed by atoms with Gasteiger partial charge in [0, 0.05) is 45.3 Å². The second-order valence-corrected chi connectivity index (χ2v) is 13.6. The Bertz CT molecular complexity index is 1220. The van der Waals surface area contributed by atoms with Crippen LogP contribution in [0.1, 0.15) is 83.0 Å². The molecular weight excluding hydrogens is 520 g/mol. The predicted octanol–water partition coefficient (Wildman–Crippen LogP) is 2.60. The first-order valence-electron chi connectivity index (χ1n) is 15.5. The van der Waals surface area contributed by atoms with E-state index in [0.717, 1.165) is 93.3 Å². The highest BCUT2D eigenvalue weighted by Gasteiger charge is 2.55. The normalized spacial score (nSPS) is 30.9. The molecule has 10 heteroatoms. The molecule has 1 aromatic heterocycles. The Kier molecular flexibility index (Phi) is 7.55. The highest BCUT2D eigenvalue weighted by Crippen LogP contribution is 2.60. The van der Waals surface area contributed by atoms with Gasteiger partial charge in [0.15, 0.2) is 0 Å². The summed E-state index contributed by atoms with van der Waals surface area (Å²) in [7, 11) is 0. The number of aromatic nitrogens is 2. The van der Waals surface area contributed by atoms with Crippen molar-refractivity contribution < 1.29 is 19.2 Å². The first kappa shape index (κ1) is 28.1. The van der Waals surface area contributed by atoms with Crippen molar-refractivity contribution >= 4 is 29.7 Å². The third-order valence-electron chi connectivity index (χ3n) is 10.2. The summed E-state index contributed by atoms with van der Waals surface area (Å²) < 4.78 is 2.13. The van der Waals surface area contributed by atoms with Crippen LogP contribution in [0.5, 0.6) is 0 Å². The second kappa shape index (κ2) is 11.0. The fourth-order valence-corrected chi connectivity index (χ4v) is 8.76. The number of amides is 4. The molecule has 0 unspecified atom stereocenters. The van der Waals surface area contributed by atoms with Gasteiger partial charge < -0.3 is 14.8 Å². The number of aryl methyl sites for hydroxylation is 1. The van der Waals surface area contributed by atoms with Crippen molar-refractivity contribution in [3.8, 4) is 0 Å². The van der Waals surface area contributed by atoms with Crippen LogP contribution in [0.15, 0.2) is 12.0 Å². The minimum Gasteiger partial charge on any atom is -0.340 e. The number of rotatable bonds is 7. The Labute approximate surface area is 242 Å². The fraction of sp³-hybridized carbons (Fsp3) is 0.710. The average molecular weight is 565 g/mol. The lowest BCUT2D eigenvalue weighted by Crippen LogP contribution is -2.58. The Hall–Kier alpha value is -3.01. The molecule has 41 heavy (non-hydrogen) atoms. The predicted molar refractivity (Wildman–Crippen MR) is 153 cm³/mol. The summed E-state index contributed by atoms with van der Waals surface area (Å²) in [4.78, 5) is 60.5. The number of hydrogen-bond donors (Lipinski definition) is 1. The quantitative estimate of drug-likeness (QED) is 0.510. The van der Waals surface area contributed by atoms with Gasteiger partial charge in [-0.05, 0) is 81.2 Å². The maximum absolute atomic E-state index is 13.7. The zero-order chi connectivity index (χ0) is 28.9. The van der Waals surface area contributed by atoms with Crippen LogP contribution in [0.4, 0.5) is 0 Å². The van der Waals surface area contributed by atoms with Gasteiger partial charge in [0.1, 0.15) is 12.2 Å². The molecule has 222 valence electrons. The van der Waals surface area contributed by atoms with Crippen LogP contribution in [0.2, 0.25) is 0 Å². The summed E-state index contributed by atoms with van der Waals surface area (Å²) in [5.41, 5.74) is 1.65. The van der Waals surface area contributed by atoms with Gasteiger partial charge in [-0.3, -0.25) is 29.0 Å². The molecule has 0 atom stereocenters. The minimum absolute atomic E-state index is 0.0476. The van der Waals surface area contributed by atoms with Gasteiger partial charge in [0.05, 0.1) is 17.4 Å². The zero-order valence-electron chi connectivity index (χ0n) is 24.7. The highest BCUT2D eigenvalue weighted by molar-refractivity contribution is 6.12. The van der Waals surface area contributed by atoms with Crippen LogP contribution in [0.25, 0.3) is 6.08 Å². The standard InChI is InChI=1S/C31H44N6O4/c1-20(2)28-25(14-26-29(40)37(21(3)38)18-27(39)33-26)32-19-36(28)6-4-5-34-7-9-35(10-8-34)30(41)31-15-22-11-23(16-31)13-24(12-22)17-31/h14,19-20,22-24H,4-13,15-18H2,1-3H3,(H,33,39)/b26-14-. The fourth-order valence-electron chi connectivity index (χ4n) is 8.76. The van der Waals surface area contributed by atoms with Gasteiger partial charge in [-0.2, -0.15) is 0 Å². The molecule has 4 amide bonds. The minimum atomic E-state index is -0.512. The summed E-state index contributed by atoms with van der Waals surface area (Å²) in [5, 5.41) is 2.60. The lowest BCUT2D eigenvalue weighted by molar-refractivity contribution is -0.159. The zero-order valence-corrected chi connectivity index (χ0v) is 24.7. The van der Waals surface area contributed by atoms with Crippen LogP contribution in [-0.2, 0) is 25.7 Å². The molecule has 2 saturated heterocycles. The Morgan fingerprint density at radius 3 is 2.24 bits per heavy atom. The Balaban J connectivity index is 1.03. The molecule has 0 aromatic carbocycles. The molecular formula is C31H44N6O4. The van der Waals surface area contributed by atoms with Gasteiger partial charge in [-0.1, -0.05) is 13.8 Å². The van der Waals surface area contributed by atoms with Gasteiger partial charge in [0.2, 0.25) is 17.7 Å². The van der Waals surface area contributed by atoms with E-state index < -0.39 is 17.7 Å². The molecule has 10 nitrogen and oxygen atoms in total. The van der Waals surface area contributed by atoms with Crippen molar-refractivity contribution in [2.45, 2.75) is 78.2 Å². The van der Waals surface area contributed by atoms with Crippen molar-refractivity contribution in [2.75, 3.05) is 39.3 Å². The van der Waals surface area contributed by atoms with Crippen molar-refractivity contribution in [2.24, 2.45) is 23.2 Å². The monoisotopic (exact) mass is 564 g/mol. The van der Waals surface area contributed by atoms with Crippen LogP contribution in [0, 0.1) is 23.2 Å². The third-order valence-corrected chi connectivity index (χ3v) is 10.2. The first-order chi connectivity index (χ1) is 19.6. The number of carbonyl (C=O) groups is 4. The van der Waals surface area contributed by atoms with Crippen LogP contribution in [0.3, 0.4) is 0 Å². The molecule has 4 bridgehead atoms. The van der Waals surface area contributed by atoms with E-state index in [1.54, 1.807) is 12.4 Å². The van der Waals surface area contributed by atoms with Crippen molar-refractivity contribution in [3.05, 3.63) is 23.4 Å². The van der Waals surface area contributed by atoms with E-state index >= 15 is 0 Å². The smallest absolute Gasteiger partial charge is 0.277 e. The summed E-state index contributed by atoms with van der Waals surface area (Å²) in [5.74, 6) is 1.62. The van der Waals surface area contributed by atoms with Gasteiger partial charge >= 0.3 is 0 Å². The highest BCUT2D eigenvalue weighted by atomic mass is 16.2. The van der Waals surface area contributed by atoms with E-state index in [1.165, 1.54) is 26.2 Å². The SMILES string of the molecule is CC(=O)N1CC(=O)N/C(=C\c2ncn(CCCN3CCN(C(=O)C45CC6CC(CC(C6)C4)C5)CC3)c2C(C)C)C1=O. The molecule has 0 radical (unpaired) electrons. The average Bonchev–Trinajstić information content (AvgIpc) is 3.32. The molecule has 3 heterocycles.